The Balaban J connectivity index is 2.70. The number of sulfonamides is 1. The van der Waals surface area contributed by atoms with E-state index in [2.05, 4.69) is 10.0 Å². The van der Waals surface area contributed by atoms with E-state index in [0.29, 0.717) is 0 Å². The molecule has 0 saturated heterocycles. The van der Waals surface area contributed by atoms with Crippen molar-refractivity contribution >= 4 is 38.7 Å². The lowest BCUT2D eigenvalue weighted by Gasteiger charge is -2.12. The zero-order valence-electron chi connectivity index (χ0n) is 8.35. The second-order valence-electron chi connectivity index (χ2n) is 3.17. The monoisotopic (exact) mass is 264 g/mol. The maximum absolute atomic E-state index is 11.7. The molecule has 0 aromatic carbocycles. The van der Waals surface area contributed by atoms with E-state index >= 15 is 0 Å². The standard InChI is InChI=1S/C8H12N2O2S3/c1-6(2)9-8(13)10-15(11,12)7-4-3-5-14-7/h3-6H,1-2H3,(H2,9,10,13). The highest BCUT2D eigenvalue weighted by atomic mass is 32.2. The van der Waals surface area contributed by atoms with Crippen molar-refractivity contribution in [3.05, 3.63) is 17.5 Å². The fourth-order valence-corrected chi connectivity index (χ4v) is 3.35. The van der Waals surface area contributed by atoms with Crippen molar-refractivity contribution in [3.63, 3.8) is 0 Å². The molecule has 0 bridgehead atoms. The SMILES string of the molecule is CC(C)NC(=S)NS(=O)(=O)c1cccs1. The van der Waals surface area contributed by atoms with E-state index in [0.717, 1.165) is 11.3 Å². The maximum Gasteiger partial charge on any atom is 0.273 e. The molecule has 0 saturated carbocycles. The van der Waals surface area contributed by atoms with Gasteiger partial charge in [0, 0.05) is 6.04 Å². The number of thiophene rings is 1. The summed E-state index contributed by atoms with van der Waals surface area (Å²) in [5, 5.41) is 4.63. The molecule has 7 heteroatoms. The first kappa shape index (κ1) is 12.4. The predicted octanol–water partition coefficient (Wildman–Crippen LogP) is 1.31. The highest BCUT2D eigenvalue weighted by molar-refractivity contribution is 7.93. The summed E-state index contributed by atoms with van der Waals surface area (Å²) in [4.78, 5) is 0. The lowest BCUT2D eigenvalue weighted by Crippen LogP contribution is -2.41. The molecule has 1 aromatic heterocycles. The minimum Gasteiger partial charge on any atom is -0.360 e. The van der Waals surface area contributed by atoms with Crippen LogP contribution in [-0.4, -0.2) is 19.6 Å². The molecular weight excluding hydrogens is 252 g/mol. The molecule has 0 aliphatic carbocycles. The Labute approximate surface area is 98.8 Å². The van der Waals surface area contributed by atoms with Gasteiger partial charge in [0.15, 0.2) is 5.11 Å². The van der Waals surface area contributed by atoms with Crippen LogP contribution in [0, 0.1) is 0 Å². The van der Waals surface area contributed by atoms with E-state index in [1.807, 2.05) is 13.8 Å². The molecule has 1 heterocycles. The molecule has 4 nitrogen and oxygen atoms in total. The van der Waals surface area contributed by atoms with Gasteiger partial charge >= 0.3 is 0 Å². The van der Waals surface area contributed by atoms with Crippen LogP contribution in [0.2, 0.25) is 0 Å². The molecule has 1 aromatic rings. The summed E-state index contributed by atoms with van der Waals surface area (Å²) in [6.45, 7) is 3.76. The van der Waals surface area contributed by atoms with Crippen LogP contribution in [0.3, 0.4) is 0 Å². The second kappa shape index (κ2) is 4.91. The number of rotatable bonds is 3. The molecule has 0 atom stereocenters. The van der Waals surface area contributed by atoms with Crippen molar-refractivity contribution in [2.24, 2.45) is 0 Å². The number of nitrogens with one attached hydrogen (secondary N) is 2. The first-order chi connectivity index (χ1) is 6.92. The van der Waals surface area contributed by atoms with Crippen molar-refractivity contribution in [2.75, 3.05) is 0 Å². The van der Waals surface area contributed by atoms with Crippen molar-refractivity contribution < 1.29 is 8.42 Å². The Hall–Kier alpha value is -0.660. The third-order valence-electron chi connectivity index (χ3n) is 1.41. The van der Waals surface area contributed by atoms with Gasteiger partial charge in [0.25, 0.3) is 10.0 Å². The van der Waals surface area contributed by atoms with Crippen LogP contribution < -0.4 is 10.0 Å². The van der Waals surface area contributed by atoms with E-state index in [4.69, 9.17) is 12.2 Å². The number of thiocarbonyl (C=S) groups is 1. The Morgan fingerprint density at radius 3 is 2.67 bits per heavy atom. The fraction of sp³-hybridized carbons (Fsp3) is 0.375. The van der Waals surface area contributed by atoms with Crippen LogP contribution in [0.15, 0.2) is 21.7 Å². The van der Waals surface area contributed by atoms with Crippen LogP contribution in [0.5, 0.6) is 0 Å². The summed E-state index contributed by atoms with van der Waals surface area (Å²) < 4.78 is 25.9. The lowest BCUT2D eigenvalue weighted by atomic mass is 10.4. The smallest absolute Gasteiger partial charge is 0.273 e. The minimum absolute atomic E-state index is 0.100. The van der Waals surface area contributed by atoms with Gasteiger partial charge in [-0.3, -0.25) is 4.72 Å². The Morgan fingerprint density at radius 2 is 2.20 bits per heavy atom. The van der Waals surface area contributed by atoms with Crippen LogP contribution >= 0.6 is 23.6 Å². The summed E-state index contributed by atoms with van der Waals surface area (Å²) in [5.41, 5.74) is 0. The molecule has 0 unspecified atom stereocenters. The maximum atomic E-state index is 11.7. The largest absolute Gasteiger partial charge is 0.360 e. The average molecular weight is 264 g/mol. The predicted molar refractivity (Wildman–Crippen MR) is 65.5 cm³/mol. The van der Waals surface area contributed by atoms with E-state index in [1.165, 1.54) is 6.07 Å². The number of hydrogen-bond donors (Lipinski definition) is 2. The number of hydrogen-bond acceptors (Lipinski definition) is 4. The van der Waals surface area contributed by atoms with Gasteiger partial charge in [0.1, 0.15) is 4.21 Å². The summed E-state index contributed by atoms with van der Waals surface area (Å²) in [6.07, 6.45) is 0. The van der Waals surface area contributed by atoms with Gasteiger partial charge in [0.2, 0.25) is 0 Å². The van der Waals surface area contributed by atoms with E-state index in [9.17, 15) is 8.42 Å². The quantitative estimate of drug-likeness (QED) is 0.808. The summed E-state index contributed by atoms with van der Waals surface area (Å²) in [6, 6.07) is 3.31. The van der Waals surface area contributed by atoms with E-state index in [-0.39, 0.29) is 15.4 Å². The topological polar surface area (TPSA) is 58.2 Å². The van der Waals surface area contributed by atoms with Gasteiger partial charge in [-0.25, -0.2) is 8.42 Å². The summed E-state index contributed by atoms with van der Waals surface area (Å²) in [5.74, 6) is 0. The van der Waals surface area contributed by atoms with Crippen LogP contribution in [-0.2, 0) is 10.0 Å². The average Bonchev–Trinajstić information content (AvgIpc) is 2.51. The second-order valence-corrected chi connectivity index (χ2v) is 6.43. The Morgan fingerprint density at radius 1 is 1.53 bits per heavy atom. The molecule has 0 aliphatic heterocycles. The van der Waals surface area contributed by atoms with Gasteiger partial charge in [-0.2, -0.15) is 0 Å². The first-order valence-electron chi connectivity index (χ1n) is 4.28. The molecule has 84 valence electrons. The van der Waals surface area contributed by atoms with Crippen LogP contribution in [0.25, 0.3) is 0 Å². The van der Waals surface area contributed by atoms with Gasteiger partial charge < -0.3 is 5.32 Å². The molecule has 0 aliphatic rings. The van der Waals surface area contributed by atoms with Gasteiger partial charge in [-0.1, -0.05) is 6.07 Å². The van der Waals surface area contributed by atoms with Gasteiger partial charge in [0.05, 0.1) is 0 Å². The molecule has 0 amide bonds. The zero-order valence-corrected chi connectivity index (χ0v) is 10.8. The van der Waals surface area contributed by atoms with Crippen molar-refractivity contribution in [3.8, 4) is 0 Å². The summed E-state index contributed by atoms with van der Waals surface area (Å²) in [7, 11) is -3.50. The van der Waals surface area contributed by atoms with Crippen molar-refractivity contribution in [1.29, 1.82) is 0 Å². The third-order valence-corrected chi connectivity index (χ3v) is 4.50. The first-order valence-corrected chi connectivity index (χ1v) is 7.06. The lowest BCUT2D eigenvalue weighted by molar-refractivity contribution is 0.593. The fourth-order valence-electron chi connectivity index (χ4n) is 0.880. The van der Waals surface area contributed by atoms with Crippen molar-refractivity contribution in [2.45, 2.75) is 24.1 Å². The van der Waals surface area contributed by atoms with Crippen LogP contribution in [0.1, 0.15) is 13.8 Å². The highest BCUT2D eigenvalue weighted by Crippen LogP contribution is 2.14. The van der Waals surface area contributed by atoms with E-state index < -0.39 is 10.0 Å². The van der Waals surface area contributed by atoms with Crippen LogP contribution in [0.4, 0.5) is 0 Å². The van der Waals surface area contributed by atoms with Gasteiger partial charge in [-0.05, 0) is 37.5 Å². The molecule has 1 rings (SSSR count). The molecule has 0 spiro atoms. The highest BCUT2D eigenvalue weighted by Gasteiger charge is 2.16. The van der Waals surface area contributed by atoms with Crippen molar-refractivity contribution in [1.82, 2.24) is 10.0 Å². The zero-order chi connectivity index (χ0) is 11.5. The Kier molecular flexibility index (Phi) is 4.06. The molecule has 0 radical (unpaired) electrons. The normalized spacial score (nSPS) is 11.4. The molecule has 15 heavy (non-hydrogen) atoms. The minimum atomic E-state index is -3.50. The summed E-state index contributed by atoms with van der Waals surface area (Å²) >= 11 is 6.01. The molecule has 0 fully saturated rings. The van der Waals surface area contributed by atoms with E-state index in [1.54, 1.807) is 11.4 Å². The molecule has 2 N–H and O–H groups in total. The van der Waals surface area contributed by atoms with Gasteiger partial charge in [-0.15, -0.1) is 11.3 Å². The third kappa shape index (κ3) is 3.77. The Bertz CT molecular complexity index is 423. The molecular formula is C8H12N2O2S3.